The topological polar surface area (TPSA) is 38.0 Å². The maximum absolute atomic E-state index is 5.84. The molecule has 14 heavy (non-hydrogen) atoms. The molecule has 2 heterocycles. The molecule has 1 aromatic rings. The summed E-state index contributed by atoms with van der Waals surface area (Å²) in [4.78, 5) is 1.39. The van der Waals surface area contributed by atoms with Crippen LogP contribution in [0.25, 0.3) is 0 Å². The molecule has 0 spiro atoms. The monoisotopic (exact) mass is 272 g/mol. The van der Waals surface area contributed by atoms with Crippen LogP contribution in [0, 0.1) is 0 Å². The van der Waals surface area contributed by atoms with Gasteiger partial charge >= 0.3 is 0 Å². The van der Waals surface area contributed by atoms with Crippen molar-refractivity contribution in [3.8, 4) is 0 Å². The van der Waals surface area contributed by atoms with Gasteiger partial charge in [-0.05, 0) is 22.0 Å². The molecule has 0 bridgehead atoms. The Bertz CT molecular complexity index is 346. The van der Waals surface area contributed by atoms with E-state index in [4.69, 9.17) is 5.73 Å². The van der Waals surface area contributed by atoms with Crippen LogP contribution in [0.5, 0.6) is 0 Å². The van der Waals surface area contributed by atoms with Crippen LogP contribution in [0.15, 0.2) is 27.6 Å². The maximum atomic E-state index is 5.84. The molecule has 0 aromatic carbocycles. The van der Waals surface area contributed by atoms with Crippen molar-refractivity contribution < 1.29 is 0 Å². The molecule has 0 saturated carbocycles. The van der Waals surface area contributed by atoms with Crippen molar-refractivity contribution in [3.05, 3.63) is 32.4 Å². The van der Waals surface area contributed by atoms with Gasteiger partial charge in [0.1, 0.15) is 0 Å². The number of hydrogen-bond acceptors (Lipinski definition) is 3. The highest BCUT2D eigenvalue weighted by atomic mass is 79.9. The first kappa shape index (κ1) is 10.4. The summed E-state index contributed by atoms with van der Waals surface area (Å²) in [5.41, 5.74) is 7.24. The van der Waals surface area contributed by atoms with Gasteiger partial charge in [0.2, 0.25) is 0 Å². The lowest BCUT2D eigenvalue weighted by Crippen LogP contribution is -2.38. The predicted molar refractivity (Wildman–Crippen MR) is 64.7 cm³/mol. The first-order chi connectivity index (χ1) is 6.74. The molecule has 2 rings (SSSR count). The van der Waals surface area contributed by atoms with Gasteiger partial charge in [-0.25, -0.2) is 0 Å². The minimum absolute atomic E-state index is 0.183. The van der Waals surface area contributed by atoms with Crippen molar-refractivity contribution >= 4 is 27.3 Å². The maximum Gasteiger partial charge on any atom is 0.0354 e. The molecule has 0 amide bonds. The van der Waals surface area contributed by atoms with E-state index >= 15 is 0 Å². The predicted octanol–water partition coefficient (Wildman–Crippen LogP) is 1.91. The van der Waals surface area contributed by atoms with Crippen molar-refractivity contribution in [1.29, 1.82) is 0 Å². The van der Waals surface area contributed by atoms with Gasteiger partial charge in [0, 0.05) is 40.3 Å². The number of rotatable bonds is 2. The molecule has 1 aliphatic heterocycles. The summed E-state index contributed by atoms with van der Waals surface area (Å²) in [5, 5.41) is 5.43. The van der Waals surface area contributed by atoms with Crippen LogP contribution in [0.3, 0.4) is 0 Å². The SMILES string of the molecule is NC1C=C(Cc2cc(Br)cs2)CNC1. The second-order valence-corrected chi connectivity index (χ2v) is 5.44. The summed E-state index contributed by atoms with van der Waals surface area (Å²) in [6.07, 6.45) is 3.21. The highest BCUT2D eigenvalue weighted by molar-refractivity contribution is 9.10. The molecule has 1 unspecified atom stereocenters. The fourth-order valence-corrected chi connectivity index (χ4v) is 3.12. The van der Waals surface area contributed by atoms with Crippen LogP contribution in [0.1, 0.15) is 4.88 Å². The Morgan fingerprint density at radius 3 is 3.14 bits per heavy atom. The van der Waals surface area contributed by atoms with Gasteiger partial charge in [0.05, 0.1) is 0 Å². The van der Waals surface area contributed by atoms with Gasteiger partial charge in [-0.1, -0.05) is 11.6 Å². The molecule has 1 atom stereocenters. The van der Waals surface area contributed by atoms with E-state index in [9.17, 15) is 0 Å². The second kappa shape index (κ2) is 4.57. The van der Waals surface area contributed by atoms with Crippen LogP contribution >= 0.6 is 27.3 Å². The third kappa shape index (κ3) is 2.67. The third-order valence-corrected chi connectivity index (χ3v) is 3.90. The standard InChI is InChI=1S/C10H13BrN2S/c11-8-3-10(14-6-8)2-7-1-9(12)5-13-4-7/h1,3,6,9,13H,2,4-5,12H2. The molecule has 1 aliphatic rings. The van der Waals surface area contributed by atoms with Gasteiger partial charge in [0.25, 0.3) is 0 Å². The summed E-state index contributed by atoms with van der Waals surface area (Å²) in [7, 11) is 0. The van der Waals surface area contributed by atoms with Crippen LogP contribution in [0.2, 0.25) is 0 Å². The van der Waals surface area contributed by atoms with Gasteiger partial charge in [-0.3, -0.25) is 0 Å². The van der Waals surface area contributed by atoms with Crippen LogP contribution in [0.4, 0.5) is 0 Å². The lowest BCUT2D eigenvalue weighted by molar-refractivity contribution is 0.628. The van der Waals surface area contributed by atoms with Crippen LogP contribution in [-0.2, 0) is 6.42 Å². The van der Waals surface area contributed by atoms with Crippen LogP contribution in [-0.4, -0.2) is 19.1 Å². The molecule has 1 aromatic heterocycles. The van der Waals surface area contributed by atoms with E-state index < -0.39 is 0 Å². The minimum atomic E-state index is 0.183. The summed E-state index contributed by atoms with van der Waals surface area (Å²) in [5.74, 6) is 0. The Morgan fingerprint density at radius 1 is 1.64 bits per heavy atom. The van der Waals surface area contributed by atoms with Crippen molar-refractivity contribution in [3.63, 3.8) is 0 Å². The quantitative estimate of drug-likeness (QED) is 0.808. The number of nitrogens with two attached hydrogens (primary N) is 1. The van der Waals surface area contributed by atoms with Crippen molar-refractivity contribution in [2.24, 2.45) is 5.73 Å². The molecular formula is C10H13BrN2S. The Hall–Kier alpha value is -0.160. The number of thiophene rings is 1. The van der Waals surface area contributed by atoms with E-state index in [0.29, 0.717) is 0 Å². The zero-order valence-electron chi connectivity index (χ0n) is 7.79. The molecule has 76 valence electrons. The molecule has 0 fully saturated rings. The summed E-state index contributed by atoms with van der Waals surface area (Å²) >= 11 is 5.25. The molecular weight excluding hydrogens is 260 g/mol. The third-order valence-electron chi connectivity index (χ3n) is 2.20. The lowest BCUT2D eigenvalue weighted by Gasteiger charge is -2.18. The zero-order valence-corrected chi connectivity index (χ0v) is 10.2. The first-order valence-corrected chi connectivity index (χ1v) is 6.30. The highest BCUT2D eigenvalue weighted by Gasteiger charge is 2.10. The van der Waals surface area contributed by atoms with E-state index in [1.807, 2.05) is 0 Å². The zero-order chi connectivity index (χ0) is 9.97. The minimum Gasteiger partial charge on any atom is -0.323 e. The molecule has 0 aliphatic carbocycles. The summed E-state index contributed by atoms with van der Waals surface area (Å²) in [6.45, 7) is 1.88. The Labute approximate surface area is 96.3 Å². The smallest absolute Gasteiger partial charge is 0.0354 e. The van der Waals surface area contributed by atoms with Gasteiger partial charge in [-0.2, -0.15) is 0 Å². The fraction of sp³-hybridized carbons (Fsp3) is 0.400. The Morgan fingerprint density at radius 2 is 2.50 bits per heavy atom. The van der Waals surface area contributed by atoms with E-state index in [1.165, 1.54) is 14.9 Å². The Kier molecular flexibility index (Phi) is 3.38. The molecule has 2 nitrogen and oxygen atoms in total. The van der Waals surface area contributed by atoms with E-state index in [1.54, 1.807) is 11.3 Å². The van der Waals surface area contributed by atoms with Crippen LogP contribution < -0.4 is 11.1 Å². The second-order valence-electron chi connectivity index (χ2n) is 3.53. The number of hydrogen-bond donors (Lipinski definition) is 2. The van der Waals surface area contributed by atoms with Crippen molar-refractivity contribution in [1.82, 2.24) is 5.32 Å². The highest BCUT2D eigenvalue weighted by Crippen LogP contribution is 2.22. The molecule has 3 N–H and O–H groups in total. The Balaban J connectivity index is 2.03. The van der Waals surface area contributed by atoms with Gasteiger partial charge in [0.15, 0.2) is 0 Å². The van der Waals surface area contributed by atoms with E-state index in [2.05, 4.69) is 38.8 Å². The van der Waals surface area contributed by atoms with Crippen molar-refractivity contribution in [2.75, 3.05) is 13.1 Å². The molecule has 0 saturated heterocycles. The summed E-state index contributed by atoms with van der Waals surface area (Å²) < 4.78 is 1.17. The largest absolute Gasteiger partial charge is 0.323 e. The lowest BCUT2D eigenvalue weighted by atomic mass is 10.1. The van der Waals surface area contributed by atoms with E-state index in [-0.39, 0.29) is 6.04 Å². The number of halogens is 1. The molecule has 0 radical (unpaired) electrons. The van der Waals surface area contributed by atoms with Crippen molar-refractivity contribution in [2.45, 2.75) is 12.5 Å². The normalized spacial score (nSPS) is 22.1. The average Bonchev–Trinajstić information content (AvgIpc) is 2.51. The average molecular weight is 273 g/mol. The fourth-order valence-electron chi connectivity index (χ4n) is 1.61. The van der Waals surface area contributed by atoms with Gasteiger partial charge in [-0.15, -0.1) is 11.3 Å². The van der Waals surface area contributed by atoms with E-state index in [0.717, 1.165) is 19.5 Å². The van der Waals surface area contributed by atoms with Gasteiger partial charge < -0.3 is 11.1 Å². The summed E-state index contributed by atoms with van der Waals surface area (Å²) in [6, 6.07) is 2.35. The first-order valence-electron chi connectivity index (χ1n) is 4.63. The number of nitrogens with one attached hydrogen (secondary N) is 1. The molecule has 4 heteroatoms.